The largest absolute Gasteiger partial charge is 0.480 e. The normalized spacial score (nSPS) is 13.5. The lowest BCUT2D eigenvalue weighted by atomic mass is 9.90. The minimum atomic E-state index is -1.32. The molecule has 0 aromatic heterocycles. The van der Waals surface area contributed by atoms with Gasteiger partial charge in [-0.3, -0.25) is 14.4 Å². The molecular weight excluding hydrogens is 494 g/mol. The summed E-state index contributed by atoms with van der Waals surface area (Å²) in [5.41, 5.74) is 11.3. The van der Waals surface area contributed by atoms with E-state index in [9.17, 15) is 24.3 Å². The van der Waals surface area contributed by atoms with Crippen molar-refractivity contribution >= 4 is 23.9 Å². The number of amides is 1. The minimum Gasteiger partial charge on any atom is -0.480 e. The van der Waals surface area contributed by atoms with Crippen LogP contribution in [-0.4, -0.2) is 47.7 Å². The maximum atomic E-state index is 12.4. The second-order valence-electron chi connectivity index (χ2n) is 11.1. The maximum absolute atomic E-state index is 12.4. The number of carbonyl (C=O) groups excluding carboxylic acids is 3. The van der Waals surface area contributed by atoms with Gasteiger partial charge in [-0.15, -0.1) is 0 Å². The average Bonchev–Trinajstić information content (AvgIpc) is 2.92. The molecule has 3 atom stereocenters. The lowest BCUT2D eigenvalue weighted by Gasteiger charge is -2.19. The van der Waals surface area contributed by atoms with E-state index in [4.69, 9.17) is 11.5 Å². The van der Waals surface area contributed by atoms with E-state index < -0.39 is 29.8 Å². The van der Waals surface area contributed by atoms with Crippen molar-refractivity contribution in [2.24, 2.45) is 17.4 Å². The molecule has 6 N–H and O–H groups in total. The lowest BCUT2D eigenvalue weighted by molar-refractivity contribution is -0.142. The number of nitrogens with two attached hydrogens (primary N) is 2. The molecular formula is C31H58N3O5. The van der Waals surface area contributed by atoms with Crippen molar-refractivity contribution in [1.29, 1.82) is 0 Å². The summed E-state index contributed by atoms with van der Waals surface area (Å²) in [6, 6.07) is -2.20. The average molecular weight is 553 g/mol. The van der Waals surface area contributed by atoms with Gasteiger partial charge in [-0.1, -0.05) is 116 Å². The SMILES string of the molecule is CCCCCCCCCCCCCCCCCCCC(=O)N[C@@H](CC([C]=O)C(=O)[C@@H](N)CCCCN)C(=O)O. The predicted octanol–water partition coefficient (Wildman–Crippen LogP) is 5.74. The first-order chi connectivity index (χ1) is 18.9. The molecule has 0 aliphatic carbocycles. The molecule has 227 valence electrons. The molecule has 0 saturated carbocycles. The molecule has 1 unspecified atom stereocenters. The van der Waals surface area contributed by atoms with Crippen LogP contribution in [0.15, 0.2) is 0 Å². The standard InChI is InChI=1S/C31H58N3O5/c1-2-3-4-5-6-7-8-9-10-11-12-13-14-15-16-17-18-22-29(36)34-28(31(38)39)24-26(25-35)30(37)27(33)21-19-20-23-32/h26-28H,2-24,32-33H2,1H3,(H,34,36)(H,38,39)/t26?,27-,28-/m0/s1. The van der Waals surface area contributed by atoms with Crippen molar-refractivity contribution in [3.05, 3.63) is 0 Å². The van der Waals surface area contributed by atoms with E-state index in [-0.39, 0.29) is 18.7 Å². The highest BCUT2D eigenvalue weighted by Crippen LogP contribution is 2.15. The molecule has 0 aliphatic heterocycles. The second-order valence-corrected chi connectivity index (χ2v) is 11.1. The van der Waals surface area contributed by atoms with E-state index in [2.05, 4.69) is 12.2 Å². The summed E-state index contributed by atoms with van der Waals surface area (Å²) in [7, 11) is 0. The number of carboxylic acid groups (broad SMARTS) is 1. The van der Waals surface area contributed by atoms with E-state index in [1.54, 1.807) is 6.29 Å². The second kappa shape index (κ2) is 26.4. The summed E-state index contributed by atoms with van der Waals surface area (Å²) in [6.45, 7) is 2.74. The summed E-state index contributed by atoms with van der Waals surface area (Å²) in [5.74, 6) is -3.49. The third-order valence-corrected chi connectivity index (χ3v) is 7.43. The van der Waals surface area contributed by atoms with Crippen LogP contribution >= 0.6 is 0 Å². The summed E-state index contributed by atoms with van der Waals surface area (Å²) in [4.78, 5) is 47.7. The molecule has 39 heavy (non-hydrogen) atoms. The van der Waals surface area contributed by atoms with Gasteiger partial charge in [-0.05, 0) is 32.2 Å². The highest BCUT2D eigenvalue weighted by atomic mass is 16.4. The first kappa shape index (κ1) is 37.2. The molecule has 0 aliphatic rings. The highest BCUT2D eigenvalue weighted by molar-refractivity contribution is 5.97. The summed E-state index contributed by atoms with van der Waals surface area (Å²) in [6.07, 6.45) is 24.5. The van der Waals surface area contributed by atoms with Crippen molar-refractivity contribution in [2.75, 3.05) is 6.54 Å². The quantitative estimate of drug-likeness (QED) is 0.0682. The fourth-order valence-corrected chi connectivity index (χ4v) is 4.87. The Hall–Kier alpha value is -1.80. The number of ketones is 1. The molecule has 0 saturated heterocycles. The van der Waals surface area contributed by atoms with Gasteiger partial charge < -0.3 is 21.9 Å². The highest BCUT2D eigenvalue weighted by Gasteiger charge is 2.31. The van der Waals surface area contributed by atoms with Crippen LogP contribution < -0.4 is 16.8 Å². The number of unbranched alkanes of at least 4 members (excludes halogenated alkanes) is 17. The maximum Gasteiger partial charge on any atom is 0.326 e. The van der Waals surface area contributed by atoms with Gasteiger partial charge >= 0.3 is 5.97 Å². The molecule has 0 aromatic carbocycles. The number of rotatable bonds is 29. The Labute approximate surface area is 237 Å². The van der Waals surface area contributed by atoms with Gasteiger partial charge in [0.15, 0.2) is 5.78 Å². The van der Waals surface area contributed by atoms with Crippen molar-refractivity contribution in [3.63, 3.8) is 0 Å². The van der Waals surface area contributed by atoms with Gasteiger partial charge in [0.25, 0.3) is 0 Å². The molecule has 0 spiro atoms. The number of nitrogens with one attached hydrogen (secondary N) is 1. The number of aliphatic carboxylic acids is 1. The molecule has 0 fully saturated rings. The third kappa shape index (κ3) is 21.7. The molecule has 1 amide bonds. The molecule has 8 heteroatoms. The lowest BCUT2D eigenvalue weighted by Crippen LogP contribution is -2.45. The summed E-state index contributed by atoms with van der Waals surface area (Å²) in [5, 5.41) is 11.9. The van der Waals surface area contributed by atoms with Crippen LogP contribution in [0.3, 0.4) is 0 Å². The Morgan fingerprint density at radius 2 is 1.21 bits per heavy atom. The molecule has 0 rings (SSSR count). The smallest absolute Gasteiger partial charge is 0.326 e. The Bertz CT molecular complexity index is 644. The first-order valence-electron chi connectivity index (χ1n) is 15.8. The Morgan fingerprint density at radius 3 is 1.62 bits per heavy atom. The topological polar surface area (TPSA) is 153 Å². The van der Waals surface area contributed by atoms with E-state index in [1.807, 2.05) is 0 Å². The molecule has 0 bridgehead atoms. The number of carboxylic acids is 1. The van der Waals surface area contributed by atoms with Crippen molar-refractivity contribution in [3.8, 4) is 0 Å². The van der Waals surface area contributed by atoms with Crippen molar-refractivity contribution in [1.82, 2.24) is 5.32 Å². The zero-order valence-electron chi connectivity index (χ0n) is 24.7. The van der Waals surface area contributed by atoms with E-state index >= 15 is 0 Å². The summed E-state index contributed by atoms with van der Waals surface area (Å²) >= 11 is 0. The summed E-state index contributed by atoms with van der Waals surface area (Å²) < 4.78 is 0. The van der Waals surface area contributed by atoms with Crippen molar-refractivity contribution < 1.29 is 24.3 Å². The third-order valence-electron chi connectivity index (χ3n) is 7.43. The van der Waals surface area contributed by atoms with Gasteiger partial charge in [0.05, 0.1) is 12.0 Å². The molecule has 0 aromatic rings. The van der Waals surface area contributed by atoms with Crippen LogP contribution in [0, 0.1) is 5.92 Å². The van der Waals surface area contributed by atoms with Gasteiger partial charge in [0.2, 0.25) is 12.2 Å². The van der Waals surface area contributed by atoms with E-state index in [0.29, 0.717) is 32.2 Å². The van der Waals surface area contributed by atoms with Crippen LogP contribution in [0.2, 0.25) is 0 Å². The predicted molar refractivity (Wildman–Crippen MR) is 158 cm³/mol. The van der Waals surface area contributed by atoms with Gasteiger partial charge in [0.1, 0.15) is 6.04 Å². The fraction of sp³-hybridized carbons (Fsp3) is 0.871. The zero-order chi connectivity index (χ0) is 29.1. The fourth-order valence-electron chi connectivity index (χ4n) is 4.87. The van der Waals surface area contributed by atoms with Crippen LogP contribution in [0.5, 0.6) is 0 Å². The van der Waals surface area contributed by atoms with Gasteiger partial charge in [0, 0.05) is 6.42 Å². The van der Waals surface area contributed by atoms with Crippen molar-refractivity contribution in [2.45, 2.75) is 160 Å². The number of hydrogen-bond acceptors (Lipinski definition) is 6. The van der Waals surface area contributed by atoms with Crippen LogP contribution in [0.25, 0.3) is 0 Å². The van der Waals surface area contributed by atoms with Crippen LogP contribution in [0.4, 0.5) is 0 Å². The van der Waals surface area contributed by atoms with Gasteiger partial charge in [-0.25, -0.2) is 4.79 Å². The molecule has 0 heterocycles. The van der Waals surface area contributed by atoms with Crippen LogP contribution in [0.1, 0.15) is 148 Å². The first-order valence-corrected chi connectivity index (χ1v) is 15.8. The minimum absolute atomic E-state index is 0.227. The molecule has 8 nitrogen and oxygen atoms in total. The Kier molecular flexibility index (Phi) is 25.2. The molecule has 1 radical (unpaired) electrons. The Morgan fingerprint density at radius 1 is 0.744 bits per heavy atom. The Balaban J connectivity index is 3.91. The number of carbonyl (C=O) groups is 3. The number of Topliss-reactive ketones (excluding diaryl/α,β-unsaturated/α-hetero) is 1. The number of hydrogen-bond donors (Lipinski definition) is 4. The zero-order valence-corrected chi connectivity index (χ0v) is 24.7. The van der Waals surface area contributed by atoms with E-state index in [1.165, 1.54) is 83.5 Å². The van der Waals surface area contributed by atoms with Crippen LogP contribution in [-0.2, 0) is 19.2 Å². The monoisotopic (exact) mass is 552 g/mol. The van der Waals surface area contributed by atoms with E-state index in [0.717, 1.165) is 19.3 Å². The van der Waals surface area contributed by atoms with Gasteiger partial charge in [-0.2, -0.15) is 0 Å².